The summed E-state index contributed by atoms with van der Waals surface area (Å²) in [5, 5.41) is 14.3. The number of furan rings is 1. The van der Waals surface area contributed by atoms with Crippen LogP contribution in [0.3, 0.4) is 0 Å². The molecule has 0 aliphatic heterocycles. The summed E-state index contributed by atoms with van der Waals surface area (Å²) in [6.07, 6.45) is 0. The maximum absolute atomic E-state index is 11.7. The van der Waals surface area contributed by atoms with Crippen molar-refractivity contribution in [3.8, 4) is 0 Å². The first kappa shape index (κ1) is 12.6. The highest BCUT2D eigenvalue weighted by atomic mass is 32.1. The number of nitrogens with zero attached hydrogens (tertiary/aromatic N) is 2. The van der Waals surface area contributed by atoms with Gasteiger partial charge in [-0.2, -0.15) is 0 Å². The van der Waals surface area contributed by atoms with E-state index in [1.54, 1.807) is 0 Å². The lowest BCUT2D eigenvalue weighted by Gasteiger charge is -2.11. The van der Waals surface area contributed by atoms with Gasteiger partial charge in [0.05, 0.1) is 6.04 Å². The van der Waals surface area contributed by atoms with E-state index in [4.69, 9.17) is 4.42 Å². The van der Waals surface area contributed by atoms with E-state index in [0.717, 1.165) is 16.5 Å². The van der Waals surface area contributed by atoms with Crippen molar-refractivity contribution < 1.29 is 9.21 Å². The quantitative estimate of drug-likeness (QED) is 0.895. The molecule has 2 rings (SSSR count). The number of carbonyl (C=O) groups is 1. The number of amides is 2. The summed E-state index contributed by atoms with van der Waals surface area (Å²) in [5.41, 5.74) is 0. The van der Waals surface area contributed by atoms with Crippen LogP contribution in [-0.4, -0.2) is 16.2 Å². The Kier molecular flexibility index (Phi) is 3.61. The highest BCUT2D eigenvalue weighted by molar-refractivity contribution is 7.15. The van der Waals surface area contributed by atoms with Gasteiger partial charge in [0.2, 0.25) is 5.13 Å². The molecule has 2 aromatic rings. The van der Waals surface area contributed by atoms with E-state index in [1.807, 2.05) is 32.9 Å². The fourth-order valence-corrected chi connectivity index (χ4v) is 2.02. The highest BCUT2D eigenvalue weighted by Crippen LogP contribution is 2.17. The summed E-state index contributed by atoms with van der Waals surface area (Å²) in [4.78, 5) is 11.7. The third-order valence-electron chi connectivity index (χ3n) is 2.28. The molecule has 18 heavy (non-hydrogen) atoms. The number of hydrogen-bond acceptors (Lipinski definition) is 5. The van der Waals surface area contributed by atoms with Gasteiger partial charge in [0.25, 0.3) is 0 Å². The van der Waals surface area contributed by atoms with Gasteiger partial charge in [0, 0.05) is 0 Å². The van der Waals surface area contributed by atoms with Gasteiger partial charge in [0.1, 0.15) is 16.5 Å². The van der Waals surface area contributed by atoms with Crippen LogP contribution in [0, 0.1) is 13.8 Å². The third kappa shape index (κ3) is 3.07. The Labute approximate surface area is 108 Å². The summed E-state index contributed by atoms with van der Waals surface area (Å²) in [7, 11) is 0. The van der Waals surface area contributed by atoms with Gasteiger partial charge >= 0.3 is 6.03 Å². The van der Waals surface area contributed by atoms with E-state index in [9.17, 15) is 4.79 Å². The predicted octanol–water partition coefficient (Wildman–Crippen LogP) is 2.63. The molecule has 0 aliphatic rings. The van der Waals surface area contributed by atoms with Gasteiger partial charge in [-0.1, -0.05) is 11.3 Å². The molecule has 0 fully saturated rings. The van der Waals surface area contributed by atoms with E-state index >= 15 is 0 Å². The average Bonchev–Trinajstić information content (AvgIpc) is 2.87. The van der Waals surface area contributed by atoms with Gasteiger partial charge in [-0.15, -0.1) is 10.2 Å². The molecule has 2 amide bonds. The van der Waals surface area contributed by atoms with Crippen LogP contribution in [0.25, 0.3) is 0 Å². The van der Waals surface area contributed by atoms with Crippen LogP contribution in [0.1, 0.15) is 29.5 Å². The van der Waals surface area contributed by atoms with Crippen LogP contribution in [0.15, 0.2) is 16.5 Å². The fourth-order valence-electron chi connectivity index (χ4n) is 1.43. The summed E-state index contributed by atoms with van der Waals surface area (Å²) < 4.78 is 5.43. The zero-order valence-corrected chi connectivity index (χ0v) is 11.2. The van der Waals surface area contributed by atoms with E-state index in [1.165, 1.54) is 11.3 Å². The largest absolute Gasteiger partial charge is 0.464 e. The maximum atomic E-state index is 11.7. The number of rotatable bonds is 3. The second-order valence-electron chi connectivity index (χ2n) is 3.89. The Balaban J connectivity index is 1.91. The zero-order chi connectivity index (χ0) is 13.1. The molecule has 7 heteroatoms. The summed E-state index contributed by atoms with van der Waals surface area (Å²) in [6, 6.07) is 3.18. The second kappa shape index (κ2) is 5.18. The van der Waals surface area contributed by atoms with Crippen molar-refractivity contribution in [2.75, 3.05) is 5.32 Å². The third-order valence-corrected chi connectivity index (χ3v) is 3.04. The lowest BCUT2D eigenvalue weighted by atomic mass is 10.2. The van der Waals surface area contributed by atoms with Crippen LogP contribution in [-0.2, 0) is 0 Å². The van der Waals surface area contributed by atoms with Crippen LogP contribution in [0.4, 0.5) is 9.93 Å². The number of hydrogen-bond donors (Lipinski definition) is 2. The highest BCUT2D eigenvalue weighted by Gasteiger charge is 2.13. The Morgan fingerprint density at radius 2 is 2.17 bits per heavy atom. The molecule has 0 saturated heterocycles. The first-order chi connectivity index (χ1) is 8.54. The topological polar surface area (TPSA) is 80.0 Å². The molecule has 0 spiro atoms. The molecule has 6 nitrogen and oxygen atoms in total. The molecule has 2 heterocycles. The van der Waals surface area contributed by atoms with Crippen molar-refractivity contribution in [2.45, 2.75) is 26.8 Å². The first-order valence-corrected chi connectivity index (χ1v) is 6.30. The van der Waals surface area contributed by atoms with Gasteiger partial charge in [0.15, 0.2) is 0 Å². The molecule has 1 atom stereocenters. The molecular weight excluding hydrogens is 252 g/mol. The maximum Gasteiger partial charge on any atom is 0.321 e. The van der Waals surface area contributed by atoms with Gasteiger partial charge < -0.3 is 9.73 Å². The van der Waals surface area contributed by atoms with Crippen molar-refractivity contribution in [3.05, 3.63) is 28.7 Å². The second-order valence-corrected chi connectivity index (χ2v) is 5.08. The number of aryl methyl sites for hydroxylation is 2. The van der Waals surface area contributed by atoms with Crippen molar-refractivity contribution in [1.82, 2.24) is 15.5 Å². The molecule has 96 valence electrons. The summed E-state index contributed by atoms with van der Waals surface area (Å²) >= 11 is 1.33. The van der Waals surface area contributed by atoms with Crippen LogP contribution in [0.5, 0.6) is 0 Å². The number of anilines is 1. The minimum Gasteiger partial charge on any atom is -0.464 e. The minimum atomic E-state index is -0.326. The molecule has 0 aliphatic carbocycles. The van der Waals surface area contributed by atoms with Crippen LogP contribution < -0.4 is 10.6 Å². The van der Waals surface area contributed by atoms with Crippen molar-refractivity contribution in [3.63, 3.8) is 0 Å². The first-order valence-electron chi connectivity index (χ1n) is 5.48. The molecule has 2 aromatic heterocycles. The Hall–Kier alpha value is -1.89. The summed E-state index contributed by atoms with van der Waals surface area (Å²) in [6.45, 7) is 5.54. The monoisotopic (exact) mass is 266 g/mol. The van der Waals surface area contributed by atoms with E-state index < -0.39 is 0 Å². The lowest BCUT2D eigenvalue weighted by Crippen LogP contribution is -2.30. The standard InChI is InChI=1S/C11H14N4O2S/c1-6-4-5-9(17-6)7(2)12-10(16)13-11-15-14-8(3)18-11/h4-5,7H,1-3H3,(H2,12,13,15,16)/t7-/m1/s1. The van der Waals surface area contributed by atoms with Gasteiger partial charge in [-0.25, -0.2) is 4.79 Å². The predicted molar refractivity (Wildman–Crippen MR) is 68.7 cm³/mol. The van der Waals surface area contributed by atoms with Gasteiger partial charge in [-0.05, 0) is 32.9 Å². The zero-order valence-electron chi connectivity index (χ0n) is 10.4. The number of aromatic nitrogens is 2. The molecule has 0 saturated carbocycles. The molecule has 0 bridgehead atoms. The van der Waals surface area contributed by atoms with E-state index in [2.05, 4.69) is 20.8 Å². The van der Waals surface area contributed by atoms with Crippen LogP contribution in [0.2, 0.25) is 0 Å². The van der Waals surface area contributed by atoms with E-state index in [-0.39, 0.29) is 12.1 Å². The average molecular weight is 266 g/mol. The van der Waals surface area contributed by atoms with Crippen molar-refractivity contribution in [1.29, 1.82) is 0 Å². The number of carbonyl (C=O) groups excluding carboxylic acids is 1. The van der Waals surface area contributed by atoms with Crippen molar-refractivity contribution in [2.24, 2.45) is 0 Å². The Bertz CT molecular complexity index is 549. The number of urea groups is 1. The van der Waals surface area contributed by atoms with E-state index in [0.29, 0.717) is 5.13 Å². The molecule has 2 N–H and O–H groups in total. The Morgan fingerprint density at radius 1 is 1.39 bits per heavy atom. The van der Waals surface area contributed by atoms with Gasteiger partial charge in [-0.3, -0.25) is 5.32 Å². The SMILES string of the molecule is Cc1ccc([C@@H](C)NC(=O)Nc2nnc(C)s2)o1. The summed E-state index contributed by atoms with van der Waals surface area (Å²) in [5.74, 6) is 1.54. The molecule has 0 radical (unpaired) electrons. The molecule has 0 unspecified atom stereocenters. The smallest absolute Gasteiger partial charge is 0.321 e. The normalized spacial score (nSPS) is 12.2. The molecule has 0 aromatic carbocycles. The van der Waals surface area contributed by atoms with Crippen molar-refractivity contribution >= 4 is 22.5 Å². The Morgan fingerprint density at radius 3 is 2.72 bits per heavy atom. The minimum absolute atomic E-state index is 0.201. The molecular formula is C11H14N4O2S. The lowest BCUT2D eigenvalue weighted by molar-refractivity contribution is 0.247. The van der Waals surface area contributed by atoms with Crippen LogP contribution >= 0.6 is 11.3 Å². The fraction of sp³-hybridized carbons (Fsp3) is 0.364. The number of nitrogens with one attached hydrogen (secondary N) is 2.